The Morgan fingerprint density at radius 2 is 2.15 bits per heavy atom. The Hall–Kier alpha value is -0.910. The van der Waals surface area contributed by atoms with E-state index in [4.69, 9.17) is 0 Å². The van der Waals surface area contributed by atoms with E-state index in [9.17, 15) is 12.3 Å². The van der Waals surface area contributed by atoms with Gasteiger partial charge in [0.25, 0.3) is 0 Å². The van der Waals surface area contributed by atoms with E-state index >= 15 is 0 Å². The van der Waals surface area contributed by atoms with Crippen molar-refractivity contribution in [3.05, 3.63) is 12.2 Å². The van der Waals surface area contributed by atoms with E-state index in [0.29, 0.717) is 4.31 Å². The Balaban J connectivity index is 4.78. The summed E-state index contributed by atoms with van der Waals surface area (Å²) < 4.78 is 34.4. The Morgan fingerprint density at radius 3 is 2.46 bits per heavy atom. The lowest BCUT2D eigenvalue weighted by Crippen LogP contribution is -2.32. The van der Waals surface area contributed by atoms with E-state index in [1.165, 1.54) is 20.0 Å². The number of hydrogen-bond donors (Lipinski definition) is 0. The van der Waals surface area contributed by atoms with Gasteiger partial charge in [0, 0.05) is 7.05 Å². The fraction of sp³-hybridized carbons (Fsp3) is 0.571. The highest BCUT2D eigenvalue weighted by Crippen LogP contribution is 2.04. The number of halogens is 1. The first-order valence-corrected chi connectivity index (χ1v) is 5.04. The fourth-order valence-electron chi connectivity index (χ4n) is 0.692. The fourth-order valence-corrected chi connectivity index (χ4v) is 1.35. The zero-order chi connectivity index (χ0) is 10.5. The van der Waals surface area contributed by atoms with E-state index in [1.54, 1.807) is 13.0 Å². The van der Waals surface area contributed by atoms with Crippen molar-refractivity contribution in [2.24, 2.45) is 4.99 Å². The van der Waals surface area contributed by atoms with Crippen LogP contribution in [0.15, 0.2) is 17.1 Å². The smallest absolute Gasteiger partial charge is 0.275 e. The molecule has 0 saturated carbocycles. The van der Waals surface area contributed by atoms with Crippen molar-refractivity contribution in [1.29, 1.82) is 0 Å². The first kappa shape index (κ1) is 12.1. The number of aliphatic imine (C=N–C) groups is 1. The minimum atomic E-state index is -4.70. The van der Waals surface area contributed by atoms with Gasteiger partial charge >= 0.3 is 10.4 Å². The van der Waals surface area contributed by atoms with E-state index in [-0.39, 0.29) is 12.4 Å². The van der Waals surface area contributed by atoms with Crippen molar-refractivity contribution >= 4 is 16.2 Å². The molecule has 0 radical (unpaired) electrons. The summed E-state index contributed by atoms with van der Waals surface area (Å²) >= 11 is 0. The average Bonchev–Trinajstić information content (AvgIpc) is 2.02. The van der Waals surface area contributed by atoms with Crippen LogP contribution in [0.4, 0.5) is 3.89 Å². The normalized spacial score (nSPS) is 13.7. The summed E-state index contributed by atoms with van der Waals surface area (Å²) in [6.07, 6.45) is 3.17. The summed E-state index contributed by atoms with van der Waals surface area (Å²) in [6, 6.07) is 0. The average molecular weight is 208 g/mol. The molecule has 76 valence electrons. The van der Waals surface area contributed by atoms with Gasteiger partial charge < -0.3 is 0 Å². The van der Waals surface area contributed by atoms with Gasteiger partial charge in [-0.05, 0) is 13.8 Å². The molecule has 0 saturated heterocycles. The molecule has 0 aliphatic rings. The van der Waals surface area contributed by atoms with Gasteiger partial charge in [-0.2, -0.15) is 8.42 Å². The van der Waals surface area contributed by atoms with Crippen molar-refractivity contribution in [2.75, 3.05) is 13.6 Å². The molecule has 0 heterocycles. The third-order valence-electron chi connectivity index (χ3n) is 1.45. The van der Waals surface area contributed by atoms with Crippen LogP contribution in [0.3, 0.4) is 0 Å². The van der Waals surface area contributed by atoms with Crippen LogP contribution in [0.1, 0.15) is 13.8 Å². The molecular weight excluding hydrogens is 195 g/mol. The maximum absolute atomic E-state index is 12.6. The van der Waals surface area contributed by atoms with Crippen molar-refractivity contribution < 1.29 is 12.3 Å². The number of allylic oxidation sites excluding steroid dienone is 1. The monoisotopic (exact) mass is 208 g/mol. The first-order chi connectivity index (χ1) is 5.93. The largest absolute Gasteiger partial charge is 0.400 e. The number of nitrogens with zero attached hydrogens (tertiary/aromatic N) is 2. The Labute approximate surface area is 78.1 Å². The molecule has 0 fully saturated rings. The molecule has 0 aromatic rings. The van der Waals surface area contributed by atoms with E-state index in [1.807, 2.05) is 0 Å². The molecule has 0 bridgehead atoms. The van der Waals surface area contributed by atoms with Crippen LogP contribution in [0, 0.1) is 0 Å². The molecule has 0 amide bonds. The first-order valence-electron chi connectivity index (χ1n) is 3.70. The lowest BCUT2D eigenvalue weighted by molar-refractivity contribution is 0.491. The van der Waals surface area contributed by atoms with Gasteiger partial charge in [0.05, 0.1) is 6.54 Å². The second kappa shape index (κ2) is 4.96. The molecule has 0 rings (SSSR count). The lowest BCUT2D eigenvalue weighted by Gasteiger charge is -2.16. The van der Waals surface area contributed by atoms with Crippen LogP contribution in [-0.4, -0.2) is 32.2 Å². The molecule has 0 spiro atoms. The topological polar surface area (TPSA) is 49.7 Å². The Bertz CT molecular complexity index is 308. The summed E-state index contributed by atoms with van der Waals surface area (Å²) in [6.45, 7) is 3.13. The molecule has 0 unspecified atom stereocenters. The van der Waals surface area contributed by atoms with Gasteiger partial charge in [0.1, 0.15) is 5.84 Å². The zero-order valence-electron chi connectivity index (χ0n) is 7.86. The van der Waals surface area contributed by atoms with Gasteiger partial charge in [0.15, 0.2) is 0 Å². The summed E-state index contributed by atoms with van der Waals surface area (Å²) in [7, 11) is -3.29. The molecule has 0 aliphatic carbocycles. The van der Waals surface area contributed by atoms with Crippen LogP contribution in [0.5, 0.6) is 0 Å². The van der Waals surface area contributed by atoms with Crippen LogP contribution in [0.25, 0.3) is 0 Å². The maximum atomic E-state index is 12.6. The van der Waals surface area contributed by atoms with Crippen molar-refractivity contribution in [3.63, 3.8) is 0 Å². The van der Waals surface area contributed by atoms with Gasteiger partial charge in [-0.25, -0.2) is 4.31 Å². The van der Waals surface area contributed by atoms with Gasteiger partial charge in [0.2, 0.25) is 0 Å². The SMILES string of the molecule is C/C=C\CN(/C(C)=N/C)S(=O)(=O)F. The highest BCUT2D eigenvalue weighted by Gasteiger charge is 2.20. The molecule has 0 atom stereocenters. The molecule has 0 aromatic heterocycles. The van der Waals surface area contributed by atoms with E-state index < -0.39 is 10.4 Å². The second-order valence-corrected chi connectivity index (χ2v) is 3.58. The summed E-state index contributed by atoms with van der Waals surface area (Å²) in [5.41, 5.74) is 0. The number of amidine groups is 1. The van der Waals surface area contributed by atoms with Crippen molar-refractivity contribution in [3.8, 4) is 0 Å². The maximum Gasteiger partial charge on any atom is 0.400 e. The third-order valence-corrected chi connectivity index (χ3v) is 2.39. The highest BCUT2D eigenvalue weighted by molar-refractivity contribution is 7.84. The Morgan fingerprint density at radius 1 is 1.62 bits per heavy atom. The summed E-state index contributed by atoms with van der Waals surface area (Å²) in [5, 5.41) is 0. The van der Waals surface area contributed by atoms with Crippen molar-refractivity contribution in [1.82, 2.24) is 4.31 Å². The minimum absolute atomic E-state index is 0.0293. The second-order valence-electron chi connectivity index (χ2n) is 2.31. The standard InChI is InChI=1S/C7H13FN2O2S/c1-4-5-6-10(7(2)9-3)13(8,11)12/h4-5H,6H2,1-3H3/b5-4-,9-7+. The summed E-state index contributed by atoms with van der Waals surface area (Å²) in [4.78, 5) is 3.60. The highest BCUT2D eigenvalue weighted by atomic mass is 32.3. The van der Waals surface area contributed by atoms with Crippen molar-refractivity contribution in [2.45, 2.75) is 13.8 Å². The third kappa shape index (κ3) is 4.02. The molecular formula is C7H13FN2O2S. The molecule has 13 heavy (non-hydrogen) atoms. The minimum Gasteiger partial charge on any atom is -0.275 e. The molecule has 0 N–H and O–H groups in total. The summed E-state index contributed by atoms with van der Waals surface area (Å²) in [5.74, 6) is 0.126. The lowest BCUT2D eigenvalue weighted by atomic mass is 10.5. The predicted octanol–water partition coefficient (Wildman–Crippen LogP) is 1.13. The molecule has 0 aromatic carbocycles. The van der Waals surface area contributed by atoms with Gasteiger partial charge in [-0.15, -0.1) is 0 Å². The van der Waals surface area contributed by atoms with Crippen LogP contribution >= 0.6 is 0 Å². The van der Waals surface area contributed by atoms with E-state index in [0.717, 1.165) is 0 Å². The molecule has 0 aliphatic heterocycles. The number of hydrogen-bond acceptors (Lipinski definition) is 3. The Kier molecular flexibility index (Phi) is 4.61. The van der Waals surface area contributed by atoms with Gasteiger partial charge in [-0.3, -0.25) is 4.99 Å². The molecule has 6 heteroatoms. The quantitative estimate of drug-likeness (QED) is 0.302. The van der Waals surface area contributed by atoms with E-state index in [2.05, 4.69) is 4.99 Å². The van der Waals surface area contributed by atoms with Crippen LogP contribution < -0.4 is 0 Å². The van der Waals surface area contributed by atoms with Gasteiger partial charge in [-0.1, -0.05) is 16.0 Å². The van der Waals surface area contributed by atoms with Crippen LogP contribution in [-0.2, 0) is 10.4 Å². The number of rotatable bonds is 3. The predicted molar refractivity (Wildman–Crippen MR) is 50.6 cm³/mol. The molecule has 4 nitrogen and oxygen atoms in total. The van der Waals surface area contributed by atoms with Crippen LogP contribution in [0.2, 0.25) is 0 Å². The zero-order valence-corrected chi connectivity index (χ0v) is 8.68.